The maximum absolute atomic E-state index is 5.08. The van der Waals surface area contributed by atoms with Crippen LogP contribution in [0.15, 0.2) is 158 Å². The molecule has 0 fully saturated rings. The predicted molar refractivity (Wildman–Crippen MR) is 186 cm³/mol. The first-order valence-electron chi connectivity index (χ1n) is 15.0. The molecule has 0 amide bonds. The molecule has 9 aromatic rings. The predicted octanol–water partition coefficient (Wildman–Crippen LogP) is 11.2. The lowest BCUT2D eigenvalue weighted by atomic mass is 9.85. The van der Waals surface area contributed by atoms with Crippen LogP contribution < -0.4 is 0 Å². The van der Waals surface area contributed by atoms with Gasteiger partial charge in [-0.25, -0.2) is 4.98 Å². The summed E-state index contributed by atoms with van der Waals surface area (Å²) in [5, 5.41) is 9.74. The van der Waals surface area contributed by atoms with Crippen LogP contribution in [0.3, 0.4) is 0 Å². The van der Waals surface area contributed by atoms with E-state index in [-0.39, 0.29) is 0 Å². The first-order valence-corrected chi connectivity index (χ1v) is 15.0. The Morgan fingerprint density at radius 1 is 0.341 bits per heavy atom. The van der Waals surface area contributed by atoms with Crippen LogP contribution in [0, 0.1) is 0 Å². The van der Waals surface area contributed by atoms with Gasteiger partial charge in [-0.2, -0.15) is 0 Å². The minimum absolute atomic E-state index is 0.936. The minimum Gasteiger partial charge on any atom is -0.254 e. The van der Waals surface area contributed by atoms with Crippen molar-refractivity contribution in [3.63, 3.8) is 0 Å². The van der Waals surface area contributed by atoms with E-state index in [9.17, 15) is 0 Å². The summed E-state index contributed by atoms with van der Waals surface area (Å²) in [6, 6.07) is 54.5. The van der Waals surface area contributed by atoms with E-state index in [4.69, 9.17) is 4.98 Å². The molecule has 0 aliphatic rings. The van der Waals surface area contributed by atoms with Gasteiger partial charge in [0.2, 0.25) is 0 Å². The second-order valence-electron chi connectivity index (χ2n) is 11.4. The molecule has 204 valence electrons. The van der Waals surface area contributed by atoms with Crippen molar-refractivity contribution < 1.29 is 0 Å². The van der Waals surface area contributed by atoms with Gasteiger partial charge in [-0.1, -0.05) is 133 Å². The first-order chi connectivity index (χ1) is 21.8. The molecule has 0 radical (unpaired) electrons. The Kier molecular flexibility index (Phi) is 5.54. The number of benzene rings is 7. The minimum atomic E-state index is 0.936. The Labute approximate surface area is 254 Å². The van der Waals surface area contributed by atoms with Crippen LogP contribution >= 0.6 is 0 Å². The van der Waals surface area contributed by atoms with E-state index >= 15 is 0 Å². The lowest BCUT2D eigenvalue weighted by Gasteiger charge is -2.18. The first kappa shape index (κ1) is 24.7. The highest BCUT2D eigenvalue weighted by Crippen LogP contribution is 2.44. The topological polar surface area (TPSA) is 25.8 Å². The molecule has 2 heteroatoms. The van der Waals surface area contributed by atoms with Crippen molar-refractivity contribution >= 4 is 54.1 Å². The summed E-state index contributed by atoms with van der Waals surface area (Å²) in [6.45, 7) is 0. The fraction of sp³-hybridized carbons (Fsp3) is 0. The van der Waals surface area contributed by atoms with Gasteiger partial charge < -0.3 is 0 Å². The number of hydrogen-bond donors (Lipinski definition) is 0. The molecule has 0 spiro atoms. The number of nitrogens with zero attached hydrogens (tertiary/aromatic N) is 2. The largest absolute Gasteiger partial charge is 0.254 e. The normalized spacial score (nSPS) is 11.6. The van der Waals surface area contributed by atoms with Gasteiger partial charge >= 0.3 is 0 Å². The molecule has 2 nitrogen and oxygen atoms in total. The highest BCUT2D eigenvalue weighted by atomic mass is 14.7. The Hall–Kier alpha value is -5.86. The van der Waals surface area contributed by atoms with Crippen molar-refractivity contribution in [3.05, 3.63) is 158 Å². The highest BCUT2D eigenvalue weighted by molar-refractivity contribution is 6.21. The number of hydrogen-bond acceptors (Lipinski definition) is 2. The quantitative estimate of drug-likeness (QED) is 0.159. The van der Waals surface area contributed by atoms with E-state index in [0.717, 1.165) is 33.1 Å². The third kappa shape index (κ3) is 3.89. The fourth-order valence-electron chi connectivity index (χ4n) is 6.79. The Balaban J connectivity index is 1.22. The van der Waals surface area contributed by atoms with Crippen molar-refractivity contribution in [1.29, 1.82) is 0 Å². The Morgan fingerprint density at radius 2 is 0.841 bits per heavy atom. The molecule has 0 unspecified atom stereocenters. The molecule has 2 aromatic heterocycles. The second kappa shape index (κ2) is 9.86. The molecular formula is C42H26N2. The van der Waals surface area contributed by atoms with E-state index in [2.05, 4.69) is 151 Å². The van der Waals surface area contributed by atoms with E-state index in [1.165, 1.54) is 54.6 Å². The summed E-state index contributed by atoms with van der Waals surface area (Å²) in [6.07, 6.45) is 1.84. The summed E-state index contributed by atoms with van der Waals surface area (Å²) < 4.78 is 0. The lowest BCUT2D eigenvalue weighted by molar-refractivity contribution is 1.37. The number of aromatic nitrogens is 2. The Bertz CT molecular complexity index is 2490. The highest BCUT2D eigenvalue weighted by Gasteiger charge is 2.17. The Morgan fingerprint density at radius 3 is 1.55 bits per heavy atom. The average Bonchev–Trinajstić information content (AvgIpc) is 3.10. The molecule has 44 heavy (non-hydrogen) atoms. The van der Waals surface area contributed by atoms with Crippen LogP contribution in [0.2, 0.25) is 0 Å². The monoisotopic (exact) mass is 558 g/mol. The molecule has 9 rings (SSSR count). The van der Waals surface area contributed by atoms with Gasteiger partial charge in [-0.05, 0) is 72.8 Å². The lowest BCUT2D eigenvalue weighted by Crippen LogP contribution is -1.91. The van der Waals surface area contributed by atoms with Crippen molar-refractivity contribution in [3.8, 4) is 33.5 Å². The number of rotatable bonds is 3. The van der Waals surface area contributed by atoms with Crippen molar-refractivity contribution in [2.75, 3.05) is 0 Å². The molecule has 0 bridgehead atoms. The molecular weight excluding hydrogens is 532 g/mol. The fourth-order valence-corrected chi connectivity index (χ4v) is 6.79. The van der Waals surface area contributed by atoms with E-state index in [0.29, 0.717) is 0 Å². The van der Waals surface area contributed by atoms with Crippen LogP contribution in [0.4, 0.5) is 0 Å². The maximum atomic E-state index is 5.08. The molecule has 0 aliphatic carbocycles. The molecule has 0 saturated heterocycles. The van der Waals surface area contributed by atoms with Gasteiger partial charge in [-0.3, -0.25) is 4.98 Å². The van der Waals surface area contributed by atoms with E-state index in [1.807, 2.05) is 12.3 Å². The molecule has 7 aromatic carbocycles. The smallest absolute Gasteiger partial charge is 0.0972 e. The third-order valence-electron chi connectivity index (χ3n) is 8.87. The van der Waals surface area contributed by atoms with E-state index < -0.39 is 0 Å². The van der Waals surface area contributed by atoms with Gasteiger partial charge in [0.25, 0.3) is 0 Å². The second-order valence-corrected chi connectivity index (χ2v) is 11.4. The van der Waals surface area contributed by atoms with Crippen molar-refractivity contribution in [1.82, 2.24) is 9.97 Å². The van der Waals surface area contributed by atoms with Crippen LogP contribution in [0.5, 0.6) is 0 Å². The third-order valence-corrected chi connectivity index (χ3v) is 8.87. The van der Waals surface area contributed by atoms with Crippen LogP contribution in [-0.2, 0) is 0 Å². The molecule has 0 aliphatic heterocycles. The van der Waals surface area contributed by atoms with E-state index in [1.54, 1.807) is 0 Å². The summed E-state index contributed by atoms with van der Waals surface area (Å²) in [7, 11) is 0. The zero-order valence-corrected chi connectivity index (χ0v) is 23.9. The maximum Gasteiger partial charge on any atom is 0.0972 e. The van der Waals surface area contributed by atoms with Crippen molar-refractivity contribution in [2.24, 2.45) is 0 Å². The van der Waals surface area contributed by atoms with Crippen LogP contribution in [0.25, 0.3) is 87.6 Å². The summed E-state index contributed by atoms with van der Waals surface area (Å²) in [5.41, 5.74) is 8.88. The van der Waals surface area contributed by atoms with Gasteiger partial charge in [0.1, 0.15) is 0 Å². The van der Waals surface area contributed by atoms with Gasteiger partial charge in [0.15, 0.2) is 0 Å². The van der Waals surface area contributed by atoms with Crippen LogP contribution in [-0.4, -0.2) is 9.97 Å². The SMILES string of the molecule is c1ccc2cc(-c3c4ccccc4c(-c4ccc(-c5ccc6ccc7cccnc7c6n5)cc4)c4ccccc34)ccc2c1. The average molecular weight is 559 g/mol. The molecule has 0 atom stereocenters. The van der Waals surface area contributed by atoms with Gasteiger partial charge in [0, 0.05) is 22.5 Å². The molecule has 0 saturated carbocycles. The zero-order chi connectivity index (χ0) is 29.0. The number of fused-ring (bicyclic) bond motifs is 6. The summed E-state index contributed by atoms with van der Waals surface area (Å²) >= 11 is 0. The van der Waals surface area contributed by atoms with Crippen LogP contribution in [0.1, 0.15) is 0 Å². The summed E-state index contributed by atoms with van der Waals surface area (Å²) in [4.78, 5) is 9.72. The molecule has 0 N–H and O–H groups in total. The van der Waals surface area contributed by atoms with Crippen molar-refractivity contribution in [2.45, 2.75) is 0 Å². The summed E-state index contributed by atoms with van der Waals surface area (Å²) in [5.74, 6) is 0. The standard InChI is InChI=1S/C42H26N2/c1-2-9-32-26-33(22-15-27(32)8-1)40-36-13-5-3-11-34(36)39(35-12-4-6-14-37(35)40)29-18-16-28(17-19-29)38-24-23-31-21-20-30-10-7-25-43-41(30)42(31)44-38/h1-26H. The van der Waals surface area contributed by atoms with Gasteiger partial charge in [0.05, 0.1) is 16.7 Å². The number of pyridine rings is 2. The molecule has 2 heterocycles. The zero-order valence-electron chi connectivity index (χ0n) is 23.9. The van der Waals surface area contributed by atoms with Gasteiger partial charge in [-0.15, -0.1) is 0 Å².